The van der Waals surface area contributed by atoms with Gasteiger partial charge in [0.25, 0.3) is 0 Å². The predicted octanol–water partition coefficient (Wildman–Crippen LogP) is 0.00660. The molecule has 7 nitrogen and oxygen atoms in total. The number of hydrogen-bond acceptors (Lipinski definition) is 6. The Morgan fingerprint density at radius 2 is 2.40 bits per heavy atom. The number of hydrogen-bond donors (Lipinski definition) is 1. The second kappa shape index (κ2) is 3.52. The van der Waals surface area contributed by atoms with Crippen LogP contribution in [0.4, 0.5) is 0 Å². The number of fused-ring (bicyclic) bond motifs is 1. The van der Waals surface area contributed by atoms with Crippen LogP contribution < -0.4 is 0 Å². The maximum atomic E-state index is 11.3. The number of aromatic nitrogens is 4. The summed E-state index contributed by atoms with van der Waals surface area (Å²) in [4.78, 5) is 15.2. The van der Waals surface area contributed by atoms with Crippen molar-refractivity contribution in [3.05, 3.63) is 18.0 Å². The average molecular weight is 208 g/mol. The van der Waals surface area contributed by atoms with Crippen LogP contribution in [0.5, 0.6) is 5.88 Å². The molecule has 2 aromatic rings. The molecule has 0 saturated carbocycles. The molecule has 7 heteroatoms. The summed E-state index contributed by atoms with van der Waals surface area (Å²) in [6.07, 6.45) is 2.60. The molecule has 0 radical (unpaired) electrons. The van der Waals surface area contributed by atoms with Gasteiger partial charge in [-0.3, -0.25) is 0 Å². The molecule has 0 fully saturated rings. The van der Waals surface area contributed by atoms with Gasteiger partial charge < -0.3 is 9.84 Å². The minimum Gasteiger partial charge on any atom is -0.493 e. The van der Waals surface area contributed by atoms with Crippen molar-refractivity contribution in [2.45, 2.75) is 6.92 Å². The monoisotopic (exact) mass is 208 g/mol. The van der Waals surface area contributed by atoms with E-state index in [0.29, 0.717) is 5.65 Å². The minimum absolute atomic E-state index is 0.0325. The summed E-state index contributed by atoms with van der Waals surface area (Å²) < 4.78 is 5.80. The molecule has 2 heterocycles. The highest BCUT2D eigenvalue weighted by Crippen LogP contribution is 2.16. The number of carbonyl (C=O) groups is 1. The van der Waals surface area contributed by atoms with Gasteiger partial charge in [-0.25, -0.2) is 9.78 Å². The number of carbonyl (C=O) groups excluding carboxylic acids is 1. The normalized spacial score (nSPS) is 10.5. The minimum atomic E-state index is -0.639. The fourth-order valence-electron chi connectivity index (χ4n) is 1.12. The van der Waals surface area contributed by atoms with Gasteiger partial charge in [-0.2, -0.15) is 4.52 Å². The summed E-state index contributed by atoms with van der Waals surface area (Å²) in [7, 11) is 0. The van der Waals surface area contributed by atoms with Crippen molar-refractivity contribution in [2.75, 3.05) is 6.61 Å². The second-order valence-corrected chi connectivity index (χ2v) is 2.72. The summed E-state index contributed by atoms with van der Waals surface area (Å²) in [6, 6.07) is 0. The Kier molecular flexibility index (Phi) is 2.20. The number of esters is 1. The molecular formula is C8H8N4O3. The molecule has 0 aliphatic heterocycles. The van der Waals surface area contributed by atoms with Gasteiger partial charge in [0.15, 0.2) is 5.65 Å². The Labute approximate surface area is 84.3 Å². The van der Waals surface area contributed by atoms with Crippen LogP contribution in [0.1, 0.15) is 17.3 Å². The van der Waals surface area contributed by atoms with E-state index in [9.17, 15) is 9.90 Å². The largest absolute Gasteiger partial charge is 0.493 e. The highest BCUT2D eigenvalue weighted by Gasteiger charge is 2.16. The van der Waals surface area contributed by atoms with Crippen molar-refractivity contribution in [2.24, 2.45) is 0 Å². The number of ether oxygens (including phenoxy) is 1. The third kappa shape index (κ3) is 1.47. The van der Waals surface area contributed by atoms with E-state index in [2.05, 4.69) is 15.3 Å². The van der Waals surface area contributed by atoms with Gasteiger partial charge >= 0.3 is 5.97 Å². The summed E-state index contributed by atoms with van der Waals surface area (Å²) in [5.41, 5.74) is 0.329. The molecule has 0 aromatic carbocycles. The topological polar surface area (TPSA) is 89.6 Å². The predicted molar refractivity (Wildman–Crippen MR) is 48.4 cm³/mol. The first-order valence-electron chi connectivity index (χ1n) is 4.29. The number of rotatable bonds is 2. The van der Waals surface area contributed by atoms with Crippen molar-refractivity contribution in [3.8, 4) is 5.88 Å². The Hall–Kier alpha value is -2.18. The molecule has 15 heavy (non-hydrogen) atoms. The second-order valence-electron chi connectivity index (χ2n) is 2.72. The standard InChI is InChI=1S/C8H8N4O3/c1-2-15-8(14)5-3-9-6-4-10-11-12(6)7(5)13/h3-4,13H,2H2,1H3. The summed E-state index contributed by atoms with van der Waals surface area (Å²) in [6.45, 7) is 1.91. The molecule has 78 valence electrons. The molecule has 1 N–H and O–H groups in total. The zero-order chi connectivity index (χ0) is 10.8. The molecule has 0 aliphatic rings. The molecule has 0 spiro atoms. The molecule has 2 rings (SSSR count). The first kappa shape index (κ1) is 9.38. The van der Waals surface area contributed by atoms with Crippen LogP contribution in [-0.2, 0) is 4.74 Å². The van der Waals surface area contributed by atoms with Crippen LogP contribution in [0.2, 0.25) is 0 Å². The molecule has 0 saturated heterocycles. The highest BCUT2D eigenvalue weighted by molar-refractivity contribution is 5.91. The van der Waals surface area contributed by atoms with Gasteiger partial charge in [0.05, 0.1) is 12.8 Å². The van der Waals surface area contributed by atoms with Crippen LogP contribution in [0.15, 0.2) is 12.4 Å². The van der Waals surface area contributed by atoms with Crippen LogP contribution in [0, 0.1) is 0 Å². The van der Waals surface area contributed by atoms with Crippen LogP contribution >= 0.6 is 0 Å². The smallest absolute Gasteiger partial charge is 0.345 e. The van der Waals surface area contributed by atoms with Crippen LogP contribution in [0.3, 0.4) is 0 Å². The van der Waals surface area contributed by atoms with Gasteiger partial charge in [-0.1, -0.05) is 5.21 Å². The molecule has 2 aromatic heterocycles. The molecule has 0 unspecified atom stereocenters. The van der Waals surface area contributed by atoms with Crippen LogP contribution in [0.25, 0.3) is 5.65 Å². The molecule has 0 bridgehead atoms. The summed E-state index contributed by atoms with van der Waals surface area (Å²) >= 11 is 0. The molecular weight excluding hydrogens is 200 g/mol. The lowest BCUT2D eigenvalue weighted by Crippen LogP contribution is -2.08. The lowest BCUT2D eigenvalue weighted by atomic mass is 10.3. The average Bonchev–Trinajstić information content (AvgIpc) is 2.67. The quantitative estimate of drug-likeness (QED) is 0.699. The Morgan fingerprint density at radius 3 is 3.13 bits per heavy atom. The summed E-state index contributed by atoms with van der Waals surface area (Å²) in [5, 5.41) is 16.8. The van der Waals surface area contributed by atoms with Crippen LogP contribution in [-0.4, -0.2) is 37.5 Å². The van der Waals surface area contributed by atoms with Crippen molar-refractivity contribution in [3.63, 3.8) is 0 Å². The van der Waals surface area contributed by atoms with E-state index in [0.717, 1.165) is 4.52 Å². The van der Waals surface area contributed by atoms with E-state index >= 15 is 0 Å². The maximum absolute atomic E-state index is 11.3. The fourth-order valence-corrected chi connectivity index (χ4v) is 1.12. The van der Waals surface area contributed by atoms with E-state index in [1.54, 1.807) is 6.92 Å². The van der Waals surface area contributed by atoms with E-state index < -0.39 is 5.97 Å². The van der Waals surface area contributed by atoms with E-state index in [1.165, 1.54) is 12.4 Å². The summed E-state index contributed by atoms with van der Waals surface area (Å²) in [5.74, 6) is -0.962. The van der Waals surface area contributed by atoms with Gasteiger partial charge in [0.2, 0.25) is 5.88 Å². The van der Waals surface area contributed by atoms with Crippen molar-refractivity contribution in [1.29, 1.82) is 0 Å². The SMILES string of the molecule is CCOC(=O)c1cnc2cnnn2c1O. The van der Waals surface area contributed by atoms with Gasteiger partial charge in [0.1, 0.15) is 5.56 Å². The lowest BCUT2D eigenvalue weighted by Gasteiger charge is -2.03. The third-order valence-corrected chi connectivity index (χ3v) is 1.79. The molecule has 0 atom stereocenters. The van der Waals surface area contributed by atoms with E-state index in [4.69, 9.17) is 4.74 Å². The number of nitrogens with zero attached hydrogens (tertiary/aromatic N) is 4. The van der Waals surface area contributed by atoms with Crippen molar-refractivity contribution in [1.82, 2.24) is 19.8 Å². The molecule has 0 amide bonds. The van der Waals surface area contributed by atoms with Crippen molar-refractivity contribution >= 4 is 11.6 Å². The maximum Gasteiger partial charge on any atom is 0.345 e. The first-order chi connectivity index (χ1) is 7.24. The third-order valence-electron chi connectivity index (χ3n) is 1.79. The number of aromatic hydroxyl groups is 1. The fraction of sp³-hybridized carbons (Fsp3) is 0.250. The Morgan fingerprint density at radius 1 is 1.60 bits per heavy atom. The van der Waals surface area contributed by atoms with E-state index in [-0.39, 0.29) is 18.1 Å². The van der Waals surface area contributed by atoms with Gasteiger partial charge in [-0.05, 0) is 6.92 Å². The zero-order valence-corrected chi connectivity index (χ0v) is 7.91. The van der Waals surface area contributed by atoms with E-state index in [1.807, 2.05) is 0 Å². The van der Waals surface area contributed by atoms with Gasteiger partial charge in [-0.15, -0.1) is 5.10 Å². The Bertz CT molecular complexity index is 508. The molecule has 0 aliphatic carbocycles. The Balaban J connectivity index is 2.52. The van der Waals surface area contributed by atoms with Gasteiger partial charge in [0, 0.05) is 6.20 Å². The van der Waals surface area contributed by atoms with Crippen molar-refractivity contribution < 1.29 is 14.6 Å². The highest BCUT2D eigenvalue weighted by atomic mass is 16.5. The zero-order valence-electron chi connectivity index (χ0n) is 7.91. The first-order valence-corrected chi connectivity index (χ1v) is 4.29. The lowest BCUT2D eigenvalue weighted by molar-refractivity contribution is 0.0521.